The Morgan fingerprint density at radius 2 is 2.50 bits per heavy atom. The molecule has 0 radical (unpaired) electrons. The predicted octanol–water partition coefficient (Wildman–Crippen LogP) is 1.28. The van der Waals surface area contributed by atoms with Gasteiger partial charge in [0.15, 0.2) is 0 Å². The molecule has 0 aromatic carbocycles. The number of rotatable bonds is 1. The molecule has 1 aromatic rings. The van der Waals surface area contributed by atoms with Crippen molar-refractivity contribution in [3.8, 4) is 0 Å². The number of aliphatic hydroxyl groups is 1. The van der Waals surface area contributed by atoms with Gasteiger partial charge in [-0.05, 0) is 19.1 Å². The average molecular weight is 168 g/mol. The zero-order valence-corrected chi connectivity index (χ0v) is 6.99. The van der Waals surface area contributed by atoms with Gasteiger partial charge in [-0.2, -0.15) is 0 Å². The van der Waals surface area contributed by atoms with E-state index in [1.807, 2.05) is 6.92 Å². The van der Waals surface area contributed by atoms with Gasteiger partial charge in [-0.1, -0.05) is 0 Å². The smallest absolute Gasteiger partial charge is 0.150 e. The van der Waals surface area contributed by atoms with Crippen molar-refractivity contribution in [2.24, 2.45) is 0 Å². The normalized spacial score (nSPS) is 35.7. The first kappa shape index (κ1) is 7.83. The Hall–Kier alpha value is -0.800. The predicted molar refractivity (Wildman–Crippen MR) is 42.6 cm³/mol. The van der Waals surface area contributed by atoms with E-state index in [0.717, 1.165) is 0 Å². The molecular formula is C9H12O3. The fourth-order valence-corrected chi connectivity index (χ4v) is 1.58. The minimum absolute atomic E-state index is 0.177. The molecule has 1 fully saturated rings. The molecule has 1 aliphatic rings. The van der Waals surface area contributed by atoms with E-state index in [-0.39, 0.29) is 6.10 Å². The first-order chi connectivity index (χ1) is 5.73. The van der Waals surface area contributed by atoms with Crippen LogP contribution in [-0.2, 0) is 10.3 Å². The summed E-state index contributed by atoms with van der Waals surface area (Å²) in [6.45, 7) is 2.45. The lowest BCUT2D eigenvalue weighted by molar-refractivity contribution is -0.0460. The molecule has 2 atom stereocenters. The SMILES string of the molecule is CC1OCCC1(O)c1ccco1. The summed E-state index contributed by atoms with van der Waals surface area (Å²) < 4.78 is 10.4. The van der Waals surface area contributed by atoms with Gasteiger partial charge in [0.2, 0.25) is 0 Å². The van der Waals surface area contributed by atoms with E-state index in [9.17, 15) is 5.11 Å². The fourth-order valence-electron chi connectivity index (χ4n) is 1.58. The topological polar surface area (TPSA) is 42.6 Å². The van der Waals surface area contributed by atoms with Crippen LogP contribution in [-0.4, -0.2) is 17.8 Å². The fraction of sp³-hybridized carbons (Fsp3) is 0.556. The summed E-state index contributed by atoms with van der Waals surface area (Å²) in [6, 6.07) is 3.56. The molecule has 1 saturated heterocycles. The van der Waals surface area contributed by atoms with Crippen LogP contribution in [0.4, 0.5) is 0 Å². The van der Waals surface area contributed by atoms with Crippen molar-refractivity contribution in [3.05, 3.63) is 24.2 Å². The Kier molecular flexibility index (Phi) is 1.70. The van der Waals surface area contributed by atoms with E-state index in [4.69, 9.17) is 9.15 Å². The summed E-state index contributed by atoms with van der Waals surface area (Å²) in [4.78, 5) is 0. The second kappa shape index (κ2) is 2.61. The summed E-state index contributed by atoms with van der Waals surface area (Å²) >= 11 is 0. The third kappa shape index (κ3) is 0.974. The van der Waals surface area contributed by atoms with Crippen molar-refractivity contribution < 1.29 is 14.3 Å². The molecule has 2 rings (SSSR count). The van der Waals surface area contributed by atoms with E-state index in [2.05, 4.69) is 0 Å². The summed E-state index contributed by atoms with van der Waals surface area (Å²) in [5, 5.41) is 10.1. The zero-order chi connectivity index (χ0) is 8.60. The van der Waals surface area contributed by atoms with E-state index >= 15 is 0 Å². The van der Waals surface area contributed by atoms with Crippen LogP contribution in [0.15, 0.2) is 22.8 Å². The van der Waals surface area contributed by atoms with Gasteiger partial charge in [0.25, 0.3) is 0 Å². The first-order valence-corrected chi connectivity index (χ1v) is 4.11. The van der Waals surface area contributed by atoms with Crippen LogP contribution < -0.4 is 0 Å². The second-order valence-corrected chi connectivity index (χ2v) is 3.16. The van der Waals surface area contributed by atoms with Crippen LogP contribution in [0.25, 0.3) is 0 Å². The Labute approximate surface area is 71.0 Å². The molecule has 2 heterocycles. The quantitative estimate of drug-likeness (QED) is 0.686. The number of ether oxygens (including phenoxy) is 1. The van der Waals surface area contributed by atoms with Crippen LogP contribution in [0.3, 0.4) is 0 Å². The summed E-state index contributed by atoms with van der Waals surface area (Å²) in [5.74, 6) is 0.604. The van der Waals surface area contributed by atoms with Gasteiger partial charge in [0, 0.05) is 6.42 Å². The summed E-state index contributed by atoms with van der Waals surface area (Å²) in [6.07, 6.45) is 2.00. The number of furan rings is 1. The maximum Gasteiger partial charge on any atom is 0.150 e. The molecule has 1 aromatic heterocycles. The average Bonchev–Trinajstić information content (AvgIpc) is 2.62. The molecule has 2 unspecified atom stereocenters. The van der Waals surface area contributed by atoms with Gasteiger partial charge >= 0.3 is 0 Å². The van der Waals surface area contributed by atoms with Crippen LogP contribution in [0, 0.1) is 0 Å². The molecule has 66 valence electrons. The highest BCUT2D eigenvalue weighted by Crippen LogP contribution is 2.35. The Morgan fingerprint density at radius 1 is 1.67 bits per heavy atom. The van der Waals surface area contributed by atoms with Crippen molar-refractivity contribution in [1.82, 2.24) is 0 Å². The van der Waals surface area contributed by atoms with Gasteiger partial charge in [-0.25, -0.2) is 0 Å². The molecule has 12 heavy (non-hydrogen) atoms. The van der Waals surface area contributed by atoms with Crippen molar-refractivity contribution in [2.75, 3.05) is 6.61 Å². The molecule has 0 saturated carbocycles. The van der Waals surface area contributed by atoms with Crippen molar-refractivity contribution in [3.63, 3.8) is 0 Å². The van der Waals surface area contributed by atoms with Crippen molar-refractivity contribution in [2.45, 2.75) is 25.0 Å². The second-order valence-electron chi connectivity index (χ2n) is 3.16. The lowest BCUT2D eigenvalue weighted by Gasteiger charge is -2.22. The molecule has 0 amide bonds. The molecule has 1 aliphatic heterocycles. The minimum Gasteiger partial charge on any atom is -0.466 e. The van der Waals surface area contributed by atoms with Crippen LogP contribution in [0.1, 0.15) is 19.1 Å². The standard InChI is InChI=1S/C9H12O3/c1-7-9(10,4-6-11-7)8-3-2-5-12-8/h2-3,5,7,10H,4,6H2,1H3. The van der Waals surface area contributed by atoms with Crippen LogP contribution >= 0.6 is 0 Å². The Bertz CT molecular complexity index is 255. The molecule has 1 N–H and O–H groups in total. The van der Waals surface area contributed by atoms with Crippen molar-refractivity contribution in [1.29, 1.82) is 0 Å². The van der Waals surface area contributed by atoms with E-state index in [0.29, 0.717) is 18.8 Å². The van der Waals surface area contributed by atoms with Gasteiger partial charge < -0.3 is 14.3 Å². The molecule has 3 nitrogen and oxygen atoms in total. The number of hydrogen-bond acceptors (Lipinski definition) is 3. The molecule has 0 bridgehead atoms. The maximum absolute atomic E-state index is 10.1. The zero-order valence-electron chi connectivity index (χ0n) is 6.99. The van der Waals surface area contributed by atoms with E-state index < -0.39 is 5.60 Å². The van der Waals surface area contributed by atoms with E-state index in [1.54, 1.807) is 18.4 Å². The lowest BCUT2D eigenvalue weighted by Crippen LogP contribution is -2.32. The molecule has 0 spiro atoms. The minimum atomic E-state index is -0.913. The lowest BCUT2D eigenvalue weighted by atomic mass is 9.94. The summed E-state index contributed by atoms with van der Waals surface area (Å²) in [7, 11) is 0. The number of hydrogen-bond donors (Lipinski definition) is 1. The Balaban J connectivity index is 2.32. The highest BCUT2D eigenvalue weighted by atomic mass is 16.5. The first-order valence-electron chi connectivity index (χ1n) is 4.11. The van der Waals surface area contributed by atoms with Gasteiger partial charge in [-0.3, -0.25) is 0 Å². The highest BCUT2D eigenvalue weighted by Gasteiger charge is 2.43. The Morgan fingerprint density at radius 3 is 3.00 bits per heavy atom. The van der Waals surface area contributed by atoms with Crippen LogP contribution in [0.5, 0.6) is 0 Å². The molecule has 3 heteroatoms. The molecular weight excluding hydrogens is 156 g/mol. The van der Waals surface area contributed by atoms with Gasteiger partial charge in [-0.15, -0.1) is 0 Å². The third-order valence-corrected chi connectivity index (χ3v) is 2.47. The third-order valence-electron chi connectivity index (χ3n) is 2.47. The monoisotopic (exact) mass is 168 g/mol. The van der Waals surface area contributed by atoms with Gasteiger partial charge in [0.1, 0.15) is 11.4 Å². The van der Waals surface area contributed by atoms with Crippen LogP contribution in [0.2, 0.25) is 0 Å². The molecule has 0 aliphatic carbocycles. The summed E-state index contributed by atoms with van der Waals surface area (Å²) in [5.41, 5.74) is -0.913. The van der Waals surface area contributed by atoms with Crippen molar-refractivity contribution >= 4 is 0 Å². The maximum atomic E-state index is 10.1. The van der Waals surface area contributed by atoms with Gasteiger partial charge in [0.05, 0.1) is 19.0 Å². The largest absolute Gasteiger partial charge is 0.466 e. The highest BCUT2D eigenvalue weighted by molar-refractivity contribution is 5.13. The van der Waals surface area contributed by atoms with E-state index in [1.165, 1.54) is 0 Å².